The molecule has 3 heteroatoms. The molecule has 0 heterocycles. The van der Waals surface area contributed by atoms with Crippen LogP contribution in [-0.4, -0.2) is 18.1 Å². The number of carboxylic acid groups (broad SMARTS) is 1. The van der Waals surface area contributed by atoms with Gasteiger partial charge in [-0.2, -0.15) is 0 Å². The molecule has 0 saturated heterocycles. The van der Waals surface area contributed by atoms with Crippen molar-refractivity contribution in [3.8, 4) is 0 Å². The molecule has 0 saturated carbocycles. The van der Waals surface area contributed by atoms with Gasteiger partial charge in [0, 0.05) is 19.3 Å². The summed E-state index contributed by atoms with van der Waals surface area (Å²) in [5.74, 6) is -0.879. The van der Waals surface area contributed by atoms with Gasteiger partial charge in [0.1, 0.15) is 0 Å². The van der Waals surface area contributed by atoms with Crippen LogP contribution in [0.4, 0.5) is 5.69 Å². The number of rotatable bonds is 4. The molecule has 2 aromatic carbocycles. The van der Waals surface area contributed by atoms with Crippen molar-refractivity contribution in [2.45, 2.75) is 20.4 Å². The standard InChI is InChI=1S/C17H19NO2/c1-12-6-4-5-7-14(12)11-18(3)15-8-9-16(17(19)20)13(2)10-15/h4-10H,11H2,1-3H3,(H,19,20). The van der Waals surface area contributed by atoms with Gasteiger partial charge in [-0.1, -0.05) is 24.3 Å². The first kappa shape index (κ1) is 14.1. The van der Waals surface area contributed by atoms with Crippen LogP contribution in [0.1, 0.15) is 27.0 Å². The minimum atomic E-state index is -0.879. The molecular weight excluding hydrogens is 250 g/mol. The summed E-state index contributed by atoms with van der Waals surface area (Å²) >= 11 is 0. The van der Waals surface area contributed by atoms with Gasteiger partial charge in [0.05, 0.1) is 5.56 Å². The van der Waals surface area contributed by atoms with Crippen LogP contribution in [0.25, 0.3) is 0 Å². The molecule has 0 aliphatic rings. The predicted molar refractivity (Wildman–Crippen MR) is 81.4 cm³/mol. The van der Waals surface area contributed by atoms with Crippen molar-refractivity contribution in [3.63, 3.8) is 0 Å². The van der Waals surface area contributed by atoms with Gasteiger partial charge in [-0.25, -0.2) is 4.79 Å². The van der Waals surface area contributed by atoms with Crippen molar-refractivity contribution >= 4 is 11.7 Å². The molecule has 0 bridgehead atoms. The number of hydrogen-bond acceptors (Lipinski definition) is 2. The smallest absolute Gasteiger partial charge is 0.335 e. The summed E-state index contributed by atoms with van der Waals surface area (Å²) < 4.78 is 0. The molecule has 2 rings (SSSR count). The topological polar surface area (TPSA) is 40.5 Å². The highest BCUT2D eigenvalue weighted by Crippen LogP contribution is 2.21. The van der Waals surface area contributed by atoms with E-state index < -0.39 is 5.97 Å². The monoisotopic (exact) mass is 269 g/mol. The predicted octanol–water partition coefficient (Wildman–Crippen LogP) is 3.64. The third kappa shape index (κ3) is 2.99. The van der Waals surface area contributed by atoms with E-state index in [1.54, 1.807) is 6.07 Å². The molecule has 0 aliphatic heterocycles. The first-order chi connectivity index (χ1) is 9.49. The Kier molecular flexibility index (Phi) is 4.08. The SMILES string of the molecule is Cc1ccccc1CN(C)c1ccc(C(=O)O)c(C)c1. The Balaban J connectivity index is 2.22. The van der Waals surface area contributed by atoms with Crippen molar-refractivity contribution in [1.82, 2.24) is 0 Å². The fourth-order valence-electron chi connectivity index (χ4n) is 2.26. The summed E-state index contributed by atoms with van der Waals surface area (Å²) in [6.07, 6.45) is 0. The number of benzene rings is 2. The van der Waals surface area contributed by atoms with Gasteiger partial charge in [-0.3, -0.25) is 0 Å². The number of hydrogen-bond donors (Lipinski definition) is 1. The Labute approximate surface area is 119 Å². The Bertz CT molecular complexity index is 635. The van der Waals surface area contributed by atoms with Gasteiger partial charge in [-0.05, 0) is 48.7 Å². The lowest BCUT2D eigenvalue weighted by Gasteiger charge is -2.21. The minimum Gasteiger partial charge on any atom is -0.478 e. The lowest BCUT2D eigenvalue weighted by Crippen LogP contribution is -2.17. The summed E-state index contributed by atoms with van der Waals surface area (Å²) in [5.41, 5.74) is 4.70. The van der Waals surface area contributed by atoms with Crippen molar-refractivity contribution in [1.29, 1.82) is 0 Å². The normalized spacial score (nSPS) is 10.3. The van der Waals surface area contributed by atoms with Gasteiger partial charge < -0.3 is 10.0 Å². The van der Waals surface area contributed by atoms with E-state index in [1.165, 1.54) is 11.1 Å². The Hall–Kier alpha value is -2.29. The highest BCUT2D eigenvalue weighted by atomic mass is 16.4. The minimum absolute atomic E-state index is 0.359. The highest BCUT2D eigenvalue weighted by Gasteiger charge is 2.10. The number of carboxylic acids is 1. The summed E-state index contributed by atoms with van der Waals surface area (Å²) in [4.78, 5) is 13.2. The molecule has 1 N–H and O–H groups in total. The average Bonchev–Trinajstić information content (AvgIpc) is 2.40. The summed E-state index contributed by atoms with van der Waals surface area (Å²) in [7, 11) is 2.02. The van der Waals surface area contributed by atoms with Crippen LogP contribution < -0.4 is 4.90 Å². The third-order valence-electron chi connectivity index (χ3n) is 3.55. The first-order valence-corrected chi connectivity index (χ1v) is 6.58. The number of carbonyl (C=O) groups is 1. The van der Waals surface area contributed by atoms with Crippen molar-refractivity contribution in [3.05, 3.63) is 64.7 Å². The Morgan fingerprint density at radius 2 is 1.80 bits per heavy atom. The largest absolute Gasteiger partial charge is 0.478 e. The zero-order chi connectivity index (χ0) is 14.7. The van der Waals surface area contributed by atoms with Crippen molar-refractivity contribution in [2.24, 2.45) is 0 Å². The molecule has 0 amide bonds. The first-order valence-electron chi connectivity index (χ1n) is 6.58. The van der Waals surface area contributed by atoms with E-state index >= 15 is 0 Å². The van der Waals surface area contributed by atoms with E-state index in [-0.39, 0.29) is 0 Å². The Morgan fingerprint density at radius 1 is 1.10 bits per heavy atom. The maximum atomic E-state index is 11.0. The quantitative estimate of drug-likeness (QED) is 0.921. The van der Waals surface area contributed by atoms with Crippen LogP contribution in [0.15, 0.2) is 42.5 Å². The number of aromatic carboxylic acids is 1. The van der Waals surface area contributed by atoms with Crippen LogP contribution in [0, 0.1) is 13.8 Å². The van der Waals surface area contributed by atoms with E-state index in [4.69, 9.17) is 5.11 Å². The zero-order valence-electron chi connectivity index (χ0n) is 12.1. The zero-order valence-corrected chi connectivity index (χ0v) is 12.1. The third-order valence-corrected chi connectivity index (χ3v) is 3.55. The second-order valence-corrected chi connectivity index (χ2v) is 5.09. The van der Waals surface area contributed by atoms with E-state index in [2.05, 4.69) is 24.0 Å². The summed E-state index contributed by atoms with van der Waals surface area (Å²) in [6, 6.07) is 13.7. The van der Waals surface area contributed by atoms with Crippen LogP contribution in [0.5, 0.6) is 0 Å². The Morgan fingerprint density at radius 3 is 2.40 bits per heavy atom. The average molecular weight is 269 g/mol. The molecule has 3 nitrogen and oxygen atoms in total. The molecule has 2 aromatic rings. The molecule has 0 aliphatic carbocycles. The molecule has 0 unspecified atom stereocenters. The molecule has 0 radical (unpaired) electrons. The van der Waals surface area contributed by atoms with Gasteiger partial charge in [0.25, 0.3) is 0 Å². The van der Waals surface area contributed by atoms with Crippen LogP contribution in [0.3, 0.4) is 0 Å². The fourth-order valence-corrected chi connectivity index (χ4v) is 2.26. The van der Waals surface area contributed by atoms with Gasteiger partial charge in [0.2, 0.25) is 0 Å². The summed E-state index contributed by atoms with van der Waals surface area (Å²) in [6.45, 7) is 4.73. The molecular formula is C17H19NO2. The van der Waals surface area contributed by atoms with E-state index in [1.807, 2.05) is 38.2 Å². The molecule has 0 aromatic heterocycles. The van der Waals surface area contributed by atoms with Gasteiger partial charge in [0.15, 0.2) is 0 Å². The maximum Gasteiger partial charge on any atom is 0.335 e. The van der Waals surface area contributed by atoms with Gasteiger partial charge in [-0.15, -0.1) is 0 Å². The van der Waals surface area contributed by atoms with Crippen LogP contribution >= 0.6 is 0 Å². The molecule has 104 valence electrons. The molecule has 20 heavy (non-hydrogen) atoms. The molecule has 0 spiro atoms. The van der Waals surface area contributed by atoms with E-state index in [0.717, 1.165) is 17.8 Å². The van der Waals surface area contributed by atoms with Gasteiger partial charge >= 0.3 is 5.97 Å². The summed E-state index contributed by atoms with van der Waals surface area (Å²) in [5, 5.41) is 9.05. The fraction of sp³-hybridized carbons (Fsp3) is 0.235. The lowest BCUT2D eigenvalue weighted by molar-refractivity contribution is 0.0696. The second-order valence-electron chi connectivity index (χ2n) is 5.09. The van der Waals surface area contributed by atoms with Crippen molar-refractivity contribution < 1.29 is 9.90 Å². The van der Waals surface area contributed by atoms with E-state index in [9.17, 15) is 4.79 Å². The maximum absolute atomic E-state index is 11.0. The number of anilines is 1. The number of nitrogens with zero attached hydrogens (tertiary/aromatic N) is 1. The van der Waals surface area contributed by atoms with Crippen molar-refractivity contribution in [2.75, 3.05) is 11.9 Å². The highest BCUT2D eigenvalue weighted by molar-refractivity contribution is 5.89. The van der Waals surface area contributed by atoms with Crippen LogP contribution in [0.2, 0.25) is 0 Å². The number of aryl methyl sites for hydroxylation is 2. The van der Waals surface area contributed by atoms with E-state index in [0.29, 0.717) is 5.56 Å². The lowest BCUT2D eigenvalue weighted by atomic mass is 10.1. The second kappa shape index (κ2) is 5.78. The molecule has 0 fully saturated rings. The van der Waals surface area contributed by atoms with Crippen LogP contribution in [-0.2, 0) is 6.54 Å². The molecule has 0 atom stereocenters.